The summed E-state index contributed by atoms with van der Waals surface area (Å²) in [5.41, 5.74) is 3.39. The van der Waals surface area contributed by atoms with Crippen LogP contribution in [0, 0.1) is 0 Å². The summed E-state index contributed by atoms with van der Waals surface area (Å²) in [5.74, 6) is -2.81. The molecular formula is C27H36N4O6. The minimum atomic E-state index is -0.967. The Morgan fingerprint density at radius 3 is 1.24 bits per heavy atom. The topological polar surface area (TPSA) is 125 Å². The third kappa shape index (κ3) is 10.3. The Kier molecular flexibility index (Phi) is 11.0. The maximum Gasteiger partial charge on any atom is 0.317 e. The number of hydrogen-bond donors (Lipinski definition) is 3. The van der Waals surface area contributed by atoms with Gasteiger partial charge in [-0.25, -0.2) is 0 Å². The van der Waals surface area contributed by atoms with E-state index in [9.17, 15) is 29.7 Å². The van der Waals surface area contributed by atoms with Crippen molar-refractivity contribution >= 4 is 17.9 Å². The summed E-state index contributed by atoms with van der Waals surface area (Å²) in [4.78, 5) is 41.8. The van der Waals surface area contributed by atoms with Gasteiger partial charge in [0.15, 0.2) is 0 Å². The Morgan fingerprint density at radius 1 is 0.514 bits per heavy atom. The number of hydrogen-bond acceptors (Lipinski definition) is 7. The third-order valence-electron chi connectivity index (χ3n) is 6.47. The molecule has 10 heteroatoms. The highest BCUT2D eigenvalue weighted by molar-refractivity contribution is 5.70. The van der Waals surface area contributed by atoms with E-state index in [2.05, 4.69) is 41.3 Å². The maximum absolute atomic E-state index is 11.4. The van der Waals surface area contributed by atoms with Crippen LogP contribution in [0.2, 0.25) is 0 Å². The monoisotopic (exact) mass is 512 g/mol. The van der Waals surface area contributed by atoms with Crippen molar-refractivity contribution in [2.75, 3.05) is 72.0 Å². The quantitative estimate of drug-likeness (QED) is 0.453. The molecule has 0 bridgehead atoms. The first-order chi connectivity index (χ1) is 17.8. The van der Waals surface area contributed by atoms with E-state index in [1.54, 1.807) is 4.90 Å². The lowest BCUT2D eigenvalue weighted by Crippen LogP contribution is -2.48. The van der Waals surface area contributed by atoms with Gasteiger partial charge in [-0.3, -0.25) is 34.0 Å². The second kappa shape index (κ2) is 14.4. The van der Waals surface area contributed by atoms with E-state index in [-0.39, 0.29) is 19.6 Å². The van der Waals surface area contributed by atoms with Crippen LogP contribution in [0.1, 0.15) is 5.56 Å². The van der Waals surface area contributed by atoms with Crippen LogP contribution in [0.3, 0.4) is 0 Å². The van der Waals surface area contributed by atoms with Crippen molar-refractivity contribution in [1.29, 1.82) is 0 Å². The number of carboxylic acids is 3. The van der Waals surface area contributed by atoms with Gasteiger partial charge >= 0.3 is 17.9 Å². The van der Waals surface area contributed by atoms with Gasteiger partial charge < -0.3 is 15.3 Å². The van der Waals surface area contributed by atoms with Gasteiger partial charge in [0, 0.05) is 58.9 Å². The molecule has 0 atom stereocenters. The summed E-state index contributed by atoms with van der Waals surface area (Å²) in [6.07, 6.45) is 0. The Hall–Kier alpha value is -3.31. The van der Waals surface area contributed by atoms with Crippen molar-refractivity contribution in [2.45, 2.75) is 6.54 Å². The van der Waals surface area contributed by atoms with Crippen molar-refractivity contribution in [3.05, 3.63) is 60.2 Å². The number of benzene rings is 2. The molecule has 0 aromatic heterocycles. The molecular weight excluding hydrogens is 476 g/mol. The van der Waals surface area contributed by atoms with Crippen molar-refractivity contribution < 1.29 is 29.7 Å². The van der Waals surface area contributed by atoms with Crippen molar-refractivity contribution in [2.24, 2.45) is 0 Å². The van der Waals surface area contributed by atoms with E-state index in [0.29, 0.717) is 58.9 Å². The first-order valence-corrected chi connectivity index (χ1v) is 12.5. The van der Waals surface area contributed by atoms with Gasteiger partial charge in [-0.2, -0.15) is 0 Å². The van der Waals surface area contributed by atoms with Crippen LogP contribution in [0.25, 0.3) is 11.1 Å². The Labute approximate surface area is 217 Å². The van der Waals surface area contributed by atoms with E-state index < -0.39 is 17.9 Å². The molecule has 1 fully saturated rings. The number of rotatable bonds is 9. The van der Waals surface area contributed by atoms with Crippen LogP contribution in [0.15, 0.2) is 54.6 Å². The highest BCUT2D eigenvalue weighted by atomic mass is 16.4. The molecule has 0 saturated carbocycles. The lowest BCUT2D eigenvalue weighted by atomic mass is 10.0. The molecule has 0 amide bonds. The minimum absolute atomic E-state index is 0.119. The molecule has 200 valence electrons. The lowest BCUT2D eigenvalue weighted by molar-refractivity contribution is -0.140. The van der Waals surface area contributed by atoms with Crippen molar-refractivity contribution in [1.82, 2.24) is 19.6 Å². The van der Waals surface area contributed by atoms with Gasteiger partial charge in [0.1, 0.15) is 0 Å². The SMILES string of the molecule is O=C(O)CN1CCN(CC(=O)O)CCN(Cc2ccc(-c3ccccc3)cc2)CCN(CC(=O)O)CC1. The fraction of sp³-hybridized carbons (Fsp3) is 0.444. The zero-order chi connectivity index (χ0) is 26.6. The number of carbonyl (C=O) groups is 3. The summed E-state index contributed by atoms with van der Waals surface area (Å²) in [7, 11) is 0. The molecule has 10 nitrogen and oxygen atoms in total. The molecule has 3 rings (SSSR count). The second-order valence-corrected chi connectivity index (χ2v) is 9.35. The van der Waals surface area contributed by atoms with Crippen molar-refractivity contribution in [3.8, 4) is 11.1 Å². The van der Waals surface area contributed by atoms with E-state index in [4.69, 9.17) is 0 Å². The summed E-state index contributed by atoms with van der Waals surface area (Å²) in [6, 6.07) is 18.5. The average molecular weight is 513 g/mol. The van der Waals surface area contributed by atoms with E-state index in [1.165, 1.54) is 0 Å². The molecule has 3 N–H and O–H groups in total. The normalized spacial score (nSPS) is 17.5. The van der Waals surface area contributed by atoms with Crippen LogP contribution < -0.4 is 0 Å². The van der Waals surface area contributed by atoms with Crippen LogP contribution in [-0.2, 0) is 20.9 Å². The van der Waals surface area contributed by atoms with Crippen LogP contribution in [0.4, 0.5) is 0 Å². The summed E-state index contributed by atoms with van der Waals surface area (Å²) >= 11 is 0. The van der Waals surface area contributed by atoms with Crippen LogP contribution in [0.5, 0.6) is 0 Å². The second-order valence-electron chi connectivity index (χ2n) is 9.35. The van der Waals surface area contributed by atoms with Gasteiger partial charge in [0.2, 0.25) is 0 Å². The number of nitrogens with zero attached hydrogens (tertiary/aromatic N) is 4. The van der Waals surface area contributed by atoms with Crippen LogP contribution in [-0.4, -0.2) is 125 Å². The molecule has 1 aliphatic rings. The first kappa shape index (κ1) is 28.3. The molecule has 0 aliphatic carbocycles. The fourth-order valence-corrected chi connectivity index (χ4v) is 4.48. The third-order valence-corrected chi connectivity index (χ3v) is 6.47. The molecule has 0 radical (unpaired) electrons. The van der Waals surface area contributed by atoms with E-state index in [1.807, 2.05) is 28.0 Å². The molecule has 2 aromatic carbocycles. The van der Waals surface area contributed by atoms with Gasteiger partial charge in [-0.15, -0.1) is 0 Å². The molecule has 0 unspecified atom stereocenters. The van der Waals surface area contributed by atoms with Gasteiger partial charge in [0.25, 0.3) is 0 Å². The molecule has 0 spiro atoms. The highest BCUT2D eigenvalue weighted by Gasteiger charge is 2.20. The van der Waals surface area contributed by atoms with E-state index >= 15 is 0 Å². The van der Waals surface area contributed by atoms with Gasteiger partial charge in [0.05, 0.1) is 19.6 Å². The van der Waals surface area contributed by atoms with Gasteiger partial charge in [-0.1, -0.05) is 54.6 Å². The average Bonchev–Trinajstić information content (AvgIpc) is 2.85. The number of carboxylic acid groups (broad SMARTS) is 3. The molecule has 1 aliphatic heterocycles. The summed E-state index contributed by atoms with van der Waals surface area (Å²) < 4.78 is 0. The summed E-state index contributed by atoms with van der Waals surface area (Å²) in [5, 5.41) is 28.0. The Bertz CT molecular complexity index is 985. The standard InChI is InChI=1S/C27H36N4O6/c32-25(33)19-29-12-10-28(18-22-6-8-24(9-7-22)23-4-2-1-3-5-23)11-13-30(20-26(34)35)15-17-31(16-14-29)21-27(36)37/h1-9H,10-21H2,(H,32,33)(H,34,35)(H,36,37). The lowest BCUT2D eigenvalue weighted by Gasteiger charge is -2.33. The summed E-state index contributed by atoms with van der Waals surface area (Å²) in [6.45, 7) is 4.08. The molecule has 1 saturated heterocycles. The molecule has 37 heavy (non-hydrogen) atoms. The Balaban J connectivity index is 1.73. The van der Waals surface area contributed by atoms with Crippen LogP contribution >= 0.6 is 0 Å². The highest BCUT2D eigenvalue weighted by Crippen LogP contribution is 2.20. The predicted octanol–water partition coefficient (Wildman–Crippen LogP) is 1.33. The van der Waals surface area contributed by atoms with E-state index in [0.717, 1.165) is 16.7 Å². The van der Waals surface area contributed by atoms with Crippen molar-refractivity contribution in [3.63, 3.8) is 0 Å². The fourth-order valence-electron chi connectivity index (χ4n) is 4.48. The predicted molar refractivity (Wildman–Crippen MR) is 139 cm³/mol. The molecule has 1 heterocycles. The zero-order valence-electron chi connectivity index (χ0n) is 21.0. The minimum Gasteiger partial charge on any atom is -0.480 e. The van der Waals surface area contributed by atoms with Gasteiger partial charge in [-0.05, 0) is 16.7 Å². The Morgan fingerprint density at radius 2 is 0.865 bits per heavy atom. The molecule has 2 aromatic rings. The number of aliphatic carboxylic acids is 3. The maximum atomic E-state index is 11.4. The zero-order valence-corrected chi connectivity index (χ0v) is 21.0. The largest absolute Gasteiger partial charge is 0.480 e. The first-order valence-electron chi connectivity index (χ1n) is 12.5. The smallest absolute Gasteiger partial charge is 0.317 e.